The van der Waals surface area contributed by atoms with Crippen LogP contribution in [0.2, 0.25) is 0 Å². The van der Waals surface area contributed by atoms with Gasteiger partial charge >= 0.3 is 0 Å². The standard InChI is InChI=1S/C16H32N2/c1-16(2)10-9-15(17-3)13(11-16)12-18(4)14-7-5-6-8-14/h13-15,17H,5-12H2,1-4H3. The first kappa shape index (κ1) is 14.3. The molecule has 0 heterocycles. The molecule has 0 aromatic heterocycles. The number of nitrogens with one attached hydrogen (secondary N) is 1. The van der Waals surface area contributed by atoms with Gasteiger partial charge in [-0.25, -0.2) is 0 Å². The molecule has 0 aliphatic heterocycles. The molecule has 2 saturated carbocycles. The first-order valence-electron chi connectivity index (χ1n) is 7.89. The highest BCUT2D eigenvalue weighted by Crippen LogP contribution is 2.39. The smallest absolute Gasteiger partial charge is 0.0105 e. The quantitative estimate of drug-likeness (QED) is 0.826. The number of hydrogen-bond donors (Lipinski definition) is 1. The van der Waals surface area contributed by atoms with E-state index in [1.165, 1.54) is 51.5 Å². The van der Waals surface area contributed by atoms with E-state index in [2.05, 4.69) is 38.2 Å². The van der Waals surface area contributed by atoms with Gasteiger partial charge in [-0.2, -0.15) is 0 Å². The monoisotopic (exact) mass is 252 g/mol. The third-order valence-electron chi connectivity index (χ3n) is 5.36. The van der Waals surface area contributed by atoms with Crippen molar-refractivity contribution < 1.29 is 0 Å². The van der Waals surface area contributed by atoms with Crippen LogP contribution >= 0.6 is 0 Å². The van der Waals surface area contributed by atoms with Crippen molar-refractivity contribution >= 4 is 0 Å². The Morgan fingerprint density at radius 3 is 2.44 bits per heavy atom. The third kappa shape index (κ3) is 3.48. The lowest BCUT2D eigenvalue weighted by Gasteiger charge is -2.43. The maximum atomic E-state index is 3.56. The first-order valence-corrected chi connectivity index (χ1v) is 7.89. The van der Waals surface area contributed by atoms with Gasteiger partial charge in [0.25, 0.3) is 0 Å². The van der Waals surface area contributed by atoms with Crippen molar-refractivity contribution in [1.82, 2.24) is 10.2 Å². The van der Waals surface area contributed by atoms with E-state index in [1.54, 1.807) is 0 Å². The van der Waals surface area contributed by atoms with Gasteiger partial charge in [0.1, 0.15) is 0 Å². The second-order valence-corrected chi connectivity index (χ2v) is 7.44. The van der Waals surface area contributed by atoms with Gasteiger partial charge in [0, 0.05) is 18.6 Å². The van der Waals surface area contributed by atoms with Gasteiger partial charge in [0.2, 0.25) is 0 Å². The Balaban J connectivity index is 1.91. The zero-order chi connectivity index (χ0) is 13.2. The van der Waals surface area contributed by atoms with Crippen LogP contribution in [-0.4, -0.2) is 37.6 Å². The van der Waals surface area contributed by atoms with E-state index in [-0.39, 0.29) is 0 Å². The normalized spacial score (nSPS) is 33.2. The Kier molecular flexibility index (Phi) is 4.71. The Labute approximate surface area is 114 Å². The first-order chi connectivity index (χ1) is 8.52. The average molecular weight is 252 g/mol. The zero-order valence-corrected chi connectivity index (χ0v) is 12.8. The van der Waals surface area contributed by atoms with Crippen LogP contribution in [0, 0.1) is 11.3 Å². The summed E-state index contributed by atoms with van der Waals surface area (Å²) in [6.07, 6.45) is 9.86. The molecular formula is C16H32N2. The van der Waals surface area contributed by atoms with Gasteiger partial charge in [-0.3, -0.25) is 0 Å². The molecule has 0 aromatic rings. The summed E-state index contributed by atoms with van der Waals surface area (Å²) in [6, 6.07) is 1.61. The van der Waals surface area contributed by atoms with Crippen LogP contribution in [0.5, 0.6) is 0 Å². The van der Waals surface area contributed by atoms with Crippen molar-refractivity contribution in [3.63, 3.8) is 0 Å². The fourth-order valence-electron chi connectivity index (χ4n) is 4.17. The SMILES string of the molecule is CNC1CCC(C)(C)CC1CN(C)C1CCCC1. The molecule has 0 bridgehead atoms. The third-order valence-corrected chi connectivity index (χ3v) is 5.36. The lowest BCUT2D eigenvalue weighted by Crippen LogP contribution is -2.47. The van der Waals surface area contributed by atoms with E-state index in [1.807, 2.05) is 0 Å². The van der Waals surface area contributed by atoms with Crippen LogP contribution in [0.4, 0.5) is 0 Å². The molecule has 2 atom stereocenters. The van der Waals surface area contributed by atoms with Gasteiger partial charge in [0.15, 0.2) is 0 Å². The minimum atomic E-state index is 0.550. The predicted molar refractivity (Wildman–Crippen MR) is 78.9 cm³/mol. The van der Waals surface area contributed by atoms with Crippen molar-refractivity contribution in [1.29, 1.82) is 0 Å². The molecule has 1 N–H and O–H groups in total. The summed E-state index contributed by atoms with van der Waals surface area (Å²) in [6.45, 7) is 6.18. The highest BCUT2D eigenvalue weighted by atomic mass is 15.1. The predicted octanol–water partition coefficient (Wildman–Crippen LogP) is 3.28. The second kappa shape index (κ2) is 5.92. The lowest BCUT2D eigenvalue weighted by atomic mass is 9.69. The Hall–Kier alpha value is -0.0800. The molecule has 106 valence electrons. The number of hydrogen-bond acceptors (Lipinski definition) is 2. The Morgan fingerprint density at radius 1 is 1.17 bits per heavy atom. The lowest BCUT2D eigenvalue weighted by molar-refractivity contribution is 0.0976. The van der Waals surface area contributed by atoms with Crippen molar-refractivity contribution in [3.05, 3.63) is 0 Å². The maximum absolute atomic E-state index is 3.56. The molecule has 0 amide bonds. The van der Waals surface area contributed by atoms with E-state index < -0.39 is 0 Å². The van der Waals surface area contributed by atoms with Crippen LogP contribution in [0.25, 0.3) is 0 Å². The summed E-state index contributed by atoms with van der Waals surface area (Å²) in [5.74, 6) is 0.837. The van der Waals surface area contributed by atoms with Gasteiger partial charge in [-0.15, -0.1) is 0 Å². The molecule has 2 aliphatic rings. The van der Waals surface area contributed by atoms with E-state index in [9.17, 15) is 0 Å². The molecule has 0 radical (unpaired) electrons. The zero-order valence-electron chi connectivity index (χ0n) is 12.8. The average Bonchev–Trinajstić information content (AvgIpc) is 2.81. The molecule has 0 aromatic carbocycles. The van der Waals surface area contributed by atoms with Gasteiger partial charge in [0.05, 0.1) is 0 Å². The van der Waals surface area contributed by atoms with Crippen molar-refractivity contribution in [2.24, 2.45) is 11.3 Å². The van der Waals surface area contributed by atoms with Crippen LogP contribution in [0.1, 0.15) is 58.8 Å². The highest BCUT2D eigenvalue weighted by molar-refractivity contribution is 4.90. The second-order valence-electron chi connectivity index (χ2n) is 7.44. The van der Waals surface area contributed by atoms with Crippen LogP contribution in [0.3, 0.4) is 0 Å². The van der Waals surface area contributed by atoms with Crippen molar-refractivity contribution in [2.45, 2.75) is 70.9 Å². The van der Waals surface area contributed by atoms with E-state index >= 15 is 0 Å². The molecular weight excluding hydrogens is 220 g/mol. The van der Waals surface area contributed by atoms with Gasteiger partial charge in [-0.1, -0.05) is 26.7 Å². The van der Waals surface area contributed by atoms with Crippen LogP contribution in [-0.2, 0) is 0 Å². The minimum absolute atomic E-state index is 0.550. The molecule has 2 aliphatic carbocycles. The summed E-state index contributed by atoms with van der Waals surface area (Å²) in [5, 5.41) is 3.56. The van der Waals surface area contributed by atoms with E-state index in [0.29, 0.717) is 5.41 Å². The highest BCUT2D eigenvalue weighted by Gasteiger charge is 2.35. The molecule has 2 rings (SSSR count). The van der Waals surface area contributed by atoms with Crippen LogP contribution < -0.4 is 5.32 Å². The summed E-state index contributed by atoms with van der Waals surface area (Å²) in [4.78, 5) is 2.66. The Morgan fingerprint density at radius 2 is 1.83 bits per heavy atom. The maximum Gasteiger partial charge on any atom is 0.0105 e. The molecule has 2 heteroatoms. The molecule has 0 spiro atoms. The van der Waals surface area contributed by atoms with E-state index in [0.717, 1.165) is 18.0 Å². The summed E-state index contributed by atoms with van der Waals surface area (Å²) in [7, 11) is 4.50. The largest absolute Gasteiger partial charge is 0.317 e. The minimum Gasteiger partial charge on any atom is -0.317 e. The summed E-state index contributed by atoms with van der Waals surface area (Å²) >= 11 is 0. The van der Waals surface area contributed by atoms with E-state index in [4.69, 9.17) is 0 Å². The topological polar surface area (TPSA) is 15.3 Å². The molecule has 18 heavy (non-hydrogen) atoms. The number of nitrogens with zero attached hydrogens (tertiary/aromatic N) is 1. The summed E-state index contributed by atoms with van der Waals surface area (Å²) < 4.78 is 0. The molecule has 2 nitrogen and oxygen atoms in total. The summed E-state index contributed by atoms with van der Waals surface area (Å²) in [5.41, 5.74) is 0.550. The molecule has 2 fully saturated rings. The Bertz CT molecular complexity index is 256. The fourth-order valence-corrected chi connectivity index (χ4v) is 4.17. The van der Waals surface area contributed by atoms with Gasteiger partial charge < -0.3 is 10.2 Å². The van der Waals surface area contributed by atoms with Crippen LogP contribution in [0.15, 0.2) is 0 Å². The van der Waals surface area contributed by atoms with Crippen molar-refractivity contribution in [3.8, 4) is 0 Å². The van der Waals surface area contributed by atoms with Gasteiger partial charge in [-0.05, 0) is 57.5 Å². The number of rotatable bonds is 4. The molecule has 2 unspecified atom stereocenters. The van der Waals surface area contributed by atoms with Crippen molar-refractivity contribution in [2.75, 3.05) is 20.6 Å². The fraction of sp³-hybridized carbons (Fsp3) is 1.00. The molecule has 0 saturated heterocycles.